The molecule has 0 aliphatic rings. The van der Waals surface area contributed by atoms with E-state index < -0.39 is 22.7 Å². The highest BCUT2D eigenvalue weighted by Gasteiger charge is 2.30. The average molecular weight is 492 g/mol. The normalized spacial score (nSPS) is 11.4. The van der Waals surface area contributed by atoms with Gasteiger partial charge in [0.1, 0.15) is 23.0 Å². The maximum Gasteiger partial charge on any atom is 0.514 e. The standard InChI is InChI=1S/C29H25F2O3S/c1-20-4-6-21(7-5-20)29(2,3)34-28(32)33-24-12-18-27(19-13-24)35(25-14-8-22(30)9-15-25)26-16-10-23(31)11-17-26/h4-19H,1-3H3/q+1. The maximum atomic E-state index is 13.5. The fraction of sp³-hybridized carbons (Fsp3) is 0.138. The van der Waals surface area contributed by atoms with Crippen LogP contribution in [0.25, 0.3) is 0 Å². The van der Waals surface area contributed by atoms with Crippen LogP contribution in [-0.2, 0) is 21.2 Å². The molecule has 0 saturated carbocycles. The summed E-state index contributed by atoms with van der Waals surface area (Å²) in [5.74, 6) is -0.320. The molecule has 0 aliphatic heterocycles. The molecule has 0 bridgehead atoms. The van der Waals surface area contributed by atoms with Crippen molar-refractivity contribution in [3.8, 4) is 5.75 Å². The minimum absolute atomic E-state index is 0.327. The molecule has 0 spiro atoms. The molecule has 0 N–H and O–H groups in total. The molecular weight excluding hydrogens is 466 g/mol. The first kappa shape index (κ1) is 24.5. The molecule has 0 radical (unpaired) electrons. The smallest absolute Gasteiger partial charge is 0.423 e. The summed E-state index contributed by atoms with van der Waals surface area (Å²) in [6.07, 6.45) is -0.806. The van der Waals surface area contributed by atoms with Crippen LogP contribution in [0.15, 0.2) is 112 Å². The lowest BCUT2D eigenvalue weighted by Gasteiger charge is -2.25. The lowest BCUT2D eigenvalue weighted by atomic mass is 9.97. The van der Waals surface area contributed by atoms with Crippen molar-refractivity contribution in [1.29, 1.82) is 0 Å². The van der Waals surface area contributed by atoms with Gasteiger partial charge in [0, 0.05) is 0 Å². The number of hydrogen-bond donors (Lipinski definition) is 0. The van der Waals surface area contributed by atoms with Crippen LogP contribution in [0.1, 0.15) is 25.0 Å². The van der Waals surface area contributed by atoms with Crippen molar-refractivity contribution < 1.29 is 23.0 Å². The summed E-state index contributed by atoms with van der Waals surface area (Å²) in [6, 6.07) is 27.3. The molecule has 0 unspecified atom stereocenters. The van der Waals surface area contributed by atoms with Crippen LogP contribution in [0.3, 0.4) is 0 Å². The summed E-state index contributed by atoms with van der Waals surface area (Å²) in [6.45, 7) is 5.60. The van der Waals surface area contributed by atoms with Gasteiger partial charge < -0.3 is 9.47 Å². The first-order valence-corrected chi connectivity index (χ1v) is 12.3. The van der Waals surface area contributed by atoms with Gasteiger partial charge in [0.2, 0.25) is 0 Å². The van der Waals surface area contributed by atoms with Crippen LogP contribution in [0.5, 0.6) is 5.75 Å². The summed E-state index contributed by atoms with van der Waals surface area (Å²) >= 11 is 0. The summed E-state index contributed by atoms with van der Waals surface area (Å²) < 4.78 is 38.0. The molecule has 0 fully saturated rings. The number of ether oxygens (including phenoxy) is 2. The second kappa shape index (κ2) is 10.3. The molecule has 4 aromatic rings. The van der Waals surface area contributed by atoms with Gasteiger partial charge in [0.05, 0.1) is 10.9 Å². The van der Waals surface area contributed by atoms with Crippen LogP contribution >= 0.6 is 0 Å². The first-order valence-electron chi connectivity index (χ1n) is 11.0. The topological polar surface area (TPSA) is 35.5 Å². The number of carbonyl (C=O) groups excluding carboxylic acids is 1. The molecule has 0 aliphatic carbocycles. The van der Waals surface area contributed by atoms with Crippen LogP contribution in [0, 0.1) is 18.6 Å². The predicted octanol–water partition coefficient (Wildman–Crippen LogP) is 7.82. The molecular formula is C29H25F2O3S+. The van der Waals surface area contributed by atoms with Crippen molar-refractivity contribution >= 4 is 17.1 Å². The Bertz CT molecular complexity index is 1240. The molecule has 4 aromatic carbocycles. The Balaban J connectivity index is 1.52. The number of carbonyl (C=O) groups is 1. The predicted molar refractivity (Wildman–Crippen MR) is 133 cm³/mol. The van der Waals surface area contributed by atoms with Gasteiger partial charge in [-0.2, -0.15) is 0 Å². The number of rotatable bonds is 6. The van der Waals surface area contributed by atoms with E-state index in [0.29, 0.717) is 5.75 Å². The minimum Gasteiger partial charge on any atom is -0.423 e. The monoisotopic (exact) mass is 491 g/mol. The van der Waals surface area contributed by atoms with Crippen molar-refractivity contribution in [3.63, 3.8) is 0 Å². The molecule has 4 rings (SSSR count). The van der Waals surface area contributed by atoms with Crippen molar-refractivity contribution in [2.45, 2.75) is 41.1 Å². The average Bonchev–Trinajstić information content (AvgIpc) is 2.82. The molecule has 0 heterocycles. The number of benzene rings is 4. The Kier molecular flexibility index (Phi) is 7.22. The highest BCUT2D eigenvalue weighted by atomic mass is 32.2. The zero-order chi connectivity index (χ0) is 25.0. The van der Waals surface area contributed by atoms with E-state index in [4.69, 9.17) is 9.47 Å². The molecule has 0 saturated heterocycles. The Labute approximate surface area is 206 Å². The Hall–Kier alpha value is -3.64. The summed E-state index contributed by atoms with van der Waals surface area (Å²) in [5.41, 5.74) is 1.12. The van der Waals surface area contributed by atoms with Gasteiger partial charge in [-0.1, -0.05) is 29.8 Å². The van der Waals surface area contributed by atoms with Crippen molar-refractivity contribution in [3.05, 3.63) is 120 Å². The van der Waals surface area contributed by atoms with Crippen molar-refractivity contribution in [2.75, 3.05) is 0 Å². The van der Waals surface area contributed by atoms with E-state index in [-0.39, 0.29) is 11.6 Å². The van der Waals surface area contributed by atoms with E-state index in [1.54, 1.807) is 50.2 Å². The lowest BCUT2D eigenvalue weighted by molar-refractivity contribution is 0.00636. The molecule has 178 valence electrons. The van der Waals surface area contributed by atoms with Gasteiger partial charge in [-0.25, -0.2) is 13.6 Å². The summed E-state index contributed by atoms with van der Waals surface area (Å²) in [5, 5.41) is 0. The minimum atomic E-state index is -0.859. The van der Waals surface area contributed by atoms with Crippen LogP contribution < -0.4 is 4.74 Å². The summed E-state index contributed by atoms with van der Waals surface area (Å²) in [4.78, 5) is 15.1. The Morgan fingerprint density at radius 2 is 1.11 bits per heavy atom. The van der Waals surface area contributed by atoms with Crippen molar-refractivity contribution in [2.24, 2.45) is 0 Å². The zero-order valence-electron chi connectivity index (χ0n) is 19.6. The number of hydrogen-bond acceptors (Lipinski definition) is 3. The zero-order valence-corrected chi connectivity index (χ0v) is 20.4. The van der Waals surface area contributed by atoms with Crippen LogP contribution in [0.4, 0.5) is 13.6 Å². The highest BCUT2D eigenvalue weighted by Crippen LogP contribution is 2.33. The van der Waals surface area contributed by atoms with E-state index in [1.807, 2.05) is 43.3 Å². The molecule has 6 heteroatoms. The van der Waals surface area contributed by atoms with Gasteiger partial charge in [-0.05, 0) is 99.1 Å². The first-order chi connectivity index (χ1) is 16.7. The fourth-order valence-electron chi connectivity index (χ4n) is 3.53. The number of aryl methyl sites for hydroxylation is 1. The summed E-state index contributed by atoms with van der Waals surface area (Å²) in [7, 11) is -0.600. The van der Waals surface area contributed by atoms with Gasteiger partial charge >= 0.3 is 6.16 Å². The van der Waals surface area contributed by atoms with Gasteiger partial charge in [-0.15, -0.1) is 0 Å². The van der Waals surface area contributed by atoms with Gasteiger partial charge in [0.15, 0.2) is 14.7 Å². The van der Waals surface area contributed by atoms with E-state index in [1.165, 1.54) is 24.3 Å². The number of halogens is 2. The van der Waals surface area contributed by atoms with E-state index >= 15 is 0 Å². The van der Waals surface area contributed by atoms with Crippen LogP contribution in [-0.4, -0.2) is 6.16 Å². The van der Waals surface area contributed by atoms with E-state index in [2.05, 4.69) is 0 Å². The van der Waals surface area contributed by atoms with E-state index in [0.717, 1.165) is 25.8 Å². The second-order valence-electron chi connectivity index (χ2n) is 8.52. The molecule has 35 heavy (non-hydrogen) atoms. The molecule has 0 aromatic heterocycles. The lowest BCUT2D eigenvalue weighted by Crippen LogP contribution is -2.27. The fourth-order valence-corrected chi connectivity index (χ4v) is 5.57. The largest absolute Gasteiger partial charge is 0.514 e. The molecule has 0 amide bonds. The van der Waals surface area contributed by atoms with Gasteiger partial charge in [-0.3, -0.25) is 0 Å². The third-order valence-corrected chi connectivity index (χ3v) is 7.68. The molecule has 0 atom stereocenters. The quantitative estimate of drug-likeness (QED) is 0.157. The third-order valence-electron chi connectivity index (χ3n) is 5.44. The Morgan fingerprint density at radius 1 is 0.686 bits per heavy atom. The molecule has 3 nitrogen and oxygen atoms in total. The Morgan fingerprint density at radius 3 is 1.57 bits per heavy atom. The van der Waals surface area contributed by atoms with Crippen molar-refractivity contribution in [1.82, 2.24) is 0 Å². The van der Waals surface area contributed by atoms with E-state index in [9.17, 15) is 13.6 Å². The van der Waals surface area contributed by atoms with Crippen LogP contribution in [0.2, 0.25) is 0 Å². The second-order valence-corrected chi connectivity index (χ2v) is 10.5. The highest BCUT2D eigenvalue weighted by molar-refractivity contribution is 7.97. The SMILES string of the molecule is Cc1ccc(C(C)(C)OC(=O)Oc2ccc([S+](c3ccc(F)cc3)c3ccc(F)cc3)cc2)cc1. The maximum absolute atomic E-state index is 13.5. The van der Waals surface area contributed by atoms with Gasteiger partial charge in [0.25, 0.3) is 0 Å². The third kappa shape index (κ3) is 6.08.